The third kappa shape index (κ3) is 6.69. The molecule has 0 saturated heterocycles. The topological polar surface area (TPSA) is 86.8 Å². The molecule has 0 aliphatic rings. The Morgan fingerprint density at radius 3 is 2.29 bits per heavy atom. The molecule has 0 heterocycles. The van der Waals surface area contributed by atoms with Gasteiger partial charge >= 0.3 is 0 Å². The Balaban J connectivity index is 2.39. The maximum atomic E-state index is 13.3. The quantitative estimate of drug-likeness (QED) is 0.567. The summed E-state index contributed by atoms with van der Waals surface area (Å²) in [6, 6.07) is 11.3. The number of rotatable bonds is 8. The van der Waals surface area contributed by atoms with E-state index >= 15 is 0 Å². The minimum absolute atomic E-state index is 0.146. The molecule has 1 N–H and O–H groups in total. The summed E-state index contributed by atoms with van der Waals surface area (Å²) in [5.41, 5.74) is 1.87. The lowest BCUT2D eigenvalue weighted by molar-refractivity contribution is -0.139. The molecule has 1 atom stereocenters. The van der Waals surface area contributed by atoms with Crippen LogP contribution in [0.4, 0.5) is 5.69 Å². The van der Waals surface area contributed by atoms with Crippen LogP contribution in [0.3, 0.4) is 0 Å². The number of carbonyl (C=O) groups is 2. The fourth-order valence-corrected chi connectivity index (χ4v) is 4.21. The van der Waals surface area contributed by atoms with Gasteiger partial charge in [-0.15, -0.1) is 0 Å². The van der Waals surface area contributed by atoms with Crippen LogP contribution in [0, 0.1) is 6.92 Å². The molecular weight excluding hydrogens is 506 g/mol. The number of benzene rings is 2. The molecule has 0 spiro atoms. The molecule has 0 radical (unpaired) electrons. The maximum absolute atomic E-state index is 13.3. The highest BCUT2D eigenvalue weighted by Gasteiger charge is 2.29. The molecular formula is C21H25BrClN3O4S. The standard InChI is InChI=1S/C21H25BrClN3O4S/c1-14-5-10-18(11-19(14)23)26(31(4,29)30)13-20(27)25(15(2)21(28)24-3)12-16-6-8-17(22)9-7-16/h5-11,15H,12-13H2,1-4H3,(H,24,28)/t15-/m0/s1. The monoisotopic (exact) mass is 529 g/mol. The zero-order valence-corrected chi connectivity index (χ0v) is 20.9. The van der Waals surface area contributed by atoms with Crippen LogP contribution in [-0.2, 0) is 26.2 Å². The molecule has 0 saturated carbocycles. The summed E-state index contributed by atoms with van der Waals surface area (Å²) in [6.45, 7) is 3.08. The van der Waals surface area contributed by atoms with Crippen LogP contribution in [0.5, 0.6) is 0 Å². The average Bonchev–Trinajstić information content (AvgIpc) is 2.71. The number of amides is 2. The Labute approximate surface area is 196 Å². The van der Waals surface area contributed by atoms with Crippen molar-refractivity contribution in [3.8, 4) is 0 Å². The fourth-order valence-electron chi connectivity index (χ4n) is 2.93. The number of likely N-dealkylation sites (N-methyl/N-ethyl adjacent to an activating group) is 1. The van der Waals surface area contributed by atoms with Crippen LogP contribution in [0.15, 0.2) is 46.9 Å². The first-order valence-electron chi connectivity index (χ1n) is 9.43. The second-order valence-electron chi connectivity index (χ2n) is 7.14. The third-order valence-electron chi connectivity index (χ3n) is 4.80. The van der Waals surface area contributed by atoms with Crippen molar-refractivity contribution < 1.29 is 18.0 Å². The van der Waals surface area contributed by atoms with Crippen molar-refractivity contribution in [1.82, 2.24) is 10.2 Å². The lowest BCUT2D eigenvalue weighted by Gasteiger charge is -2.31. The largest absolute Gasteiger partial charge is 0.357 e. The van der Waals surface area contributed by atoms with Gasteiger partial charge in [0.05, 0.1) is 11.9 Å². The van der Waals surface area contributed by atoms with E-state index in [1.165, 1.54) is 18.0 Å². The number of nitrogens with zero attached hydrogens (tertiary/aromatic N) is 2. The van der Waals surface area contributed by atoms with E-state index in [4.69, 9.17) is 11.6 Å². The summed E-state index contributed by atoms with van der Waals surface area (Å²) < 4.78 is 26.8. The van der Waals surface area contributed by atoms with Crippen LogP contribution in [0.2, 0.25) is 5.02 Å². The molecule has 0 unspecified atom stereocenters. The molecule has 7 nitrogen and oxygen atoms in total. The first-order chi connectivity index (χ1) is 14.4. The van der Waals surface area contributed by atoms with E-state index in [1.807, 2.05) is 24.3 Å². The van der Waals surface area contributed by atoms with Crippen molar-refractivity contribution in [2.24, 2.45) is 0 Å². The van der Waals surface area contributed by atoms with E-state index in [0.29, 0.717) is 5.02 Å². The Kier molecular flexibility index (Phi) is 8.50. The second kappa shape index (κ2) is 10.5. The van der Waals surface area contributed by atoms with Crippen LogP contribution < -0.4 is 9.62 Å². The molecule has 10 heteroatoms. The van der Waals surface area contributed by atoms with Crippen molar-refractivity contribution >= 4 is 55.1 Å². The minimum atomic E-state index is -3.79. The number of nitrogens with one attached hydrogen (secondary N) is 1. The highest BCUT2D eigenvalue weighted by atomic mass is 79.9. The van der Waals surface area contributed by atoms with Gasteiger partial charge in [0.1, 0.15) is 12.6 Å². The summed E-state index contributed by atoms with van der Waals surface area (Å²) in [4.78, 5) is 26.9. The molecule has 2 aromatic carbocycles. The number of hydrogen-bond donors (Lipinski definition) is 1. The van der Waals surface area contributed by atoms with Crippen LogP contribution in [0.25, 0.3) is 0 Å². The third-order valence-corrected chi connectivity index (χ3v) is 6.88. The van der Waals surface area contributed by atoms with Crippen molar-refractivity contribution in [2.75, 3.05) is 24.2 Å². The Bertz CT molecular complexity index is 1060. The zero-order chi connectivity index (χ0) is 23.3. The normalized spacial score (nSPS) is 12.2. The summed E-state index contributed by atoms with van der Waals surface area (Å²) in [7, 11) is -2.30. The number of hydrogen-bond acceptors (Lipinski definition) is 4. The molecule has 168 valence electrons. The predicted octanol–water partition coefficient (Wildman–Crippen LogP) is 3.34. The highest BCUT2D eigenvalue weighted by Crippen LogP contribution is 2.25. The Morgan fingerprint density at radius 1 is 1.16 bits per heavy atom. The van der Waals surface area contributed by atoms with Crippen LogP contribution in [0.1, 0.15) is 18.1 Å². The van der Waals surface area contributed by atoms with Gasteiger partial charge in [-0.05, 0) is 49.2 Å². The summed E-state index contributed by atoms with van der Waals surface area (Å²) in [5.74, 6) is -0.865. The number of carbonyl (C=O) groups excluding carboxylic acids is 2. The van der Waals surface area contributed by atoms with Crippen LogP contribution in [-0.4, -0.2) is 51.0 Å². The van der Waals surface area contributed by atoms with E-state index in [2.05, 4.69) is 21.2 Å². The smallest absolute Gasteiger partial charge is 0.244 e. The molecule has 0 aliphatic heterocycles. The molecule has 31 heavy (non-hydrogen) atoms. The number of anilines is 1. The van der Waals surface area contributed by atoms with Gasteiger partial charge in [0.15, 0.2) is 0 Å². The highest BCUT2D eigenvalue weighted by molar-refractivity contribution is 9.10. The van der Waals surface area contributed by atoms with Gasteiger partial charge in [-0.1, -0.05) is 45.7 Å². The molecule has 0 bridgehead atoms. The van der Waals surface area contributed by atoms with Crippen molar-refractivity contribution in [3.63, 3.8) is 0 Å². The van der Waals surface area contributed by atoms with Gasteiger partial charge in [0, 0.05) is 23.1 Å². The van der Waals surface area contributed by atoms with Gasteiger partial charge in [-0.2, -0.15) is 0 Å². The maximum Gasteiger partial charge on any atom is 0.244 e. The molecule has 0 fully saturated rings. The van der Waals surface area contributed by atoms with Crippen molar-refractivity contribution in [3.05, 3.63) is 63.1 Å². The van der Waals surface area contributed by atoms with Gasteiger partial charge in [-0.25, -0.2) is 8.42 Å². The lowest BCUT2D eigenvalue weighted by Crippen LogP contribution is -2.50. The fraction of sp³-hybridized carbons (Fsp3) is 0.333. The minimum Gasteiger partial charge on any atom is -0.357 e. The van der Waals surface area contributed by atoms with Gasteiger partial charge < -0.3 is 10.2 Å². The Morgan fingerprint density at radius 2 is 1.77 bits per heavy atom. The number of halogens is 2. The van der Waals surface area contributed by atoms with Crippen molar-refractivity contribution in [2.45, 2.75) is 26.4 Å². The van der Waals surface area contributed by atoms with Crippen LogP contribution >= 0.6 is 27.5 Å². The number of sulfonamides is 1. The molecule has 2 aromatic rings. The average molecular weight is 531 g/mol. The van der Waals surface area contributed by atoms with Gasteiger partial charge in [0.25, 0.3) is 0 Å². The molecule has 2 rings (SSSR count). The first kappa shape index (κ1) is 25.2. The Hall–Kier alpha value is -2.10. The van der Waals surface area contributed by atoms with Crippen molar-refractivity contribution in [1.29, 1.82) is 0 Å². The van der Waals surface area contributed by atoms with E-state index in [0.717, 1.165) is 26.2 Å². The molecule has 0 aliphatic carbocycles. The van der Waals surface area contributed by atoms with Gasteiger partial charge in [-0.3, -0.25) is 13.9 Å². The predicted molar refractivity (Wildman–Crippen MR) is 127 cm³/mol. The summed E-state index contributed by atoms with van der Waals surface area (Å²) in [5, 5.41) is 2.93. The zero-order valence-electron chi connectivity index (χ0n) is 17.7. The van der Waals surface area contributed by atoms with E-state index in [9.17, 15) is 18.0 Å². The summed E-state index contributed by atoms with van der Waals surface area (Å²) >= 11 is 9.53. The molecule has 2 amide bonds. The van der Waals surface area contributed by atoms with E-state index < -0.39 is 28.5 Å². The van der Waals surface area contributed by atoms with Gasteiger partial charge in [0.2, 0.25) is 21.8 Å². The molecule has 0 aromatic heterocycles. The van der Waals surface area contributed by atoms with E-state index in [1.54, 1.807) is 26.0 Å². The van der Waals surface area contributed by atoms with E-state index in [-0.39, 0.29) is 18.1 Å². The SMILES string of the molecule is CNC(=O)[C@H](C)N(Cc1ccc(Br)cc1)C(=O)CN(c1ccc(C)c(Cl)c1)S(C)(=O)=O. The second-order valence-corrected chi connectivity index (χ2v) is 10.4. The lowest BCUT2D eigenvalue weighted by atomic mass is 10.1. The first-order valence-corrected chi connectivity index (χ1v) is 12.5. The number of aryl methyl sites for hydroxylation is 1. The summed E-state index contributed by atoms with van der Waals surface area (Å²) in [6.07, 6.45) is 1.02.